The molecule has 0 saturated carbocycles. The summed E-state index contributed by atoms with van der Waals surface area (Å²) in [6.07, 6.45) is 2.22. The topological polar surface area (TPSA) is 25.4 Å². The number of aryl methyl sites for hydroxylation is 2. The Morgan fingerprint density at radius 2 is 2.11 bits per heavy atom. The zero-order valence-corrected chi connectivity index (χ0v) is 18.0. The van der Waals surface area contributed by atoms with E-state index in [-0.39, 0.29) is 10.7 Å². The van der Waals surface area contributed by atoms with Crippen molar-refractivity contribution in [2.24, 2.45) is 5.41 Å². The van der Waals surface area contributed by atoms with Crippen LogP contribution in [0.1, 0.15) is 43.3 Å². The fourth-order valence-electron chi connectivity index (χ4n) is 3.98. The van der Waals surface area contributed by atoms with E-state index in [0.717, 1.165) is 27.5 Å². The van der Waals surface area contributed by atoms with Crippen molar-refractivity contribution in [3.8, 4) is 0 Å². The Hall–Kier alpha value is -1.37. The summed E-state index contributed by atoms with van der Waals surface area (Å²) in [6.45, 7) is 10.1. The average molecular weight is 409 g/mol. The number of rotatable bonds is 8. The zero-order chi connectivity index (χ0) is 20.4. The molecule has 1 aliphatic rings. The molecule has 6 heteroatoms. The molecule has 2 unspecified atom stereocenters. The number of alkyl halides is 1. The first kappa shape index (κ1) is 21.3. The van der Waals surface area contributed by atoms with Gasteiger partial charge in [-0.1, -0.05) is 6.07 Å². The van der Waals surface area contributed by atoms with E-state index in [4.69, 9.17) is 4.74 Å². The second kappa shape index (κ2) is 8.56. The Labute approximate surface area is 170 Å². The first-order chi connectivity index (χ1) is 13.3. The van der Waals surface area contributed by atoms with Gasteiger partial charge in [-0.15, -0.1) is 11.3 Å². The summed E-state index contributed by atoms with van der Waals surface area (Å²) < 4.78 is 34.5. The van der Waals surface area contributed by atoms with Crippen LogP contribution >= 0.6 is 11.3 Å². The van der Waals surface area contributed by atoms with Crippen LogP contribution in [-0.2, 0) is 16.7 Å². The van der Waals surface area contributed by atoms with Crippen molar-refractivity contribution in [3.63, 3.8) is 0 Å². The van der Waals surface area contributed by atoms with Crippen LogP contribution < -0.4 is 0 Å². The Bertz CT molecular complexity index is 777. The minimum atomic E-state index is -0.985. The minimum absolute atomic E-state index is 0.188. The highest BCUT2D eigenvalue weighted by molar-refractivity contribution is 7.10. The number of aromatic nitrogens is 1. The third-order valence-electron chi connectivity index (χ3n) is 6.05. The predicted molar refractivity (Wildman–Crippen MR) is 110 cm³/mol. The molecule has 0 spiro atoms. The molecule has 1 saturated heterocycles. The van der Waals surface area contributed by atoms with Crippen molar-refractivity contribution in [2.75, 3.05) is 26.3 Å². The molecule has 2 aromatic heterocycles. The summed E-state index contributed by atoms with van der Waals surface area (Å²) in [5.41, 5.74) is 1.15. The summed E-state index contributed by atoms with van der Waals surface area (Å²) in [5, 5.41) is -0.188. The number of ether oxygens (including phenoxy) is 1. The Balaban J connectivity index is 1.79. The highest BCUT2D eigenvalue weighted by atomic mass is 32.1. The molecule has 0 bridgehead atoms. The molecule has 0 radical (unpaired) electrons. The van der Waals surface area contributed by atoms with Crippen molar-refractivity contribution in [1.82, 2.24) is 9.88 Å². The third kappa shape index (κ3) is 4.44. The third-order valence-corrected chi connectivity index (χ3v) is 6.98. The van der Waals surface area contributed by atoms with E-state index < -0.39 is 11.6 Å². The molecule has 0 N–H and O–H groups in total. The van der Waals surface area contributed by atoms with Crippen LogP contribution in [0.3, 0.4) is 0 Å². The van der Waals surface area contributed by atoms with Gasteiger partial charge in [-0.05, 0) is 64.3 Å². The maximum absolute atomic E-state index is 15.4. The molecule has 28 heavy (non-hydrogen) atoms. The van der Waals surface area contributed by atoms with E-state index in [0.29, 0.717) is 39.1 Å². The highest BCUT2D eigenvalue weighted by Gasteiger charge is 2.50. The van der Waals surface area contributed by atoms with Crippen molar-refractivity contribution in [1.29, 1.82) is 0 Å². The average Bonchev–Trinajstić information content (AvgIpc) is 3.23. The van der Waals surface area contributed by atoms with E-state index in [1.807, 2.05) is 26.1 Å². The second-order valence-electron chi connectivity index (χ2n) is 8.30. The van der Waals surface area contributed by atoms with Gasteiger partial charge in [0.05, 0.1) is 6.61 Å². The zero-order valence-electron chi connectivity index (χ0n) is 17.2. The summed E-state index contributed by atoms with van der Waals surface area (Å²) in [7, 11) is 0. The number of hydrogen-bond acceptors (Lipinski definition) is 4. The molecule has 0 amide bonds. The number of pyridine rings is 1. The van der Waals surface area contributed by atoms with Gasteiger partial charge in [-0.25, -0.2) is 4.39 Å². The molecule has 3 nitrogen and oxygen atoms in total. The largest absolute Gasteiger partial charge is 0.381 e. The van der Waals surface area contributed by atoms with Crippen LogP contribution in [0, 0.1) is 17.5 Å². The molecule has 3 rings (SSSR count). The molecular weight excluding hydrogens is 378 g/mol. The maximum atomic E-state index is 15.4. The van der Waals surface area contributed by atoms with Crippen LogP contribution in [0.5, 0.6) is 0 Å². The fraction of sp³-hybridized carbons (Fsp3) is 0.591. The van der Waals surface area contributed by atoms with Gasteiger partial charge in [0.2, 0.25) is 0 Å². The molecule has 0 aliphatic carbocycles. The van der Waals surface area contributed by atoms with Gasteiger partial charge >= 0.3 is 0 Å². The SMILES string of the molecule is CCOCC1(CCc2ccc(F)s2)CN(C(C)(C)c2ccc(C)nc2)CC1F. The number of nitrogens with zero attached hydrogens (tertiary/aromatic N) is 2. The maximum Gasteiger partial charge on any atom is 0.176 e. The van der Waals surface area contributed by atoms with Crippen molar-refractivity contribution >= 4 is 11.3 Å². The van der Waals surface area contributed by atoms with Crippen molar-refractivity contribution < 1.29 is 13.5 Å². The molecule has 154 valence electrons. The van der Waals surface area contributed by atoms with Crippen LogP contribution in [0.25, 0.3) is 0 Å². The minimum Gasteiger partial charge on any atom is -0.381 e. The van der Waals surface area contributed by atoms with Crippen LogP contribution in [0.2, 0.25) is 0 Å². The summed E-state index contributed by atoms with van der Waals surface area (Å²) in [5.74, 6) is 0. The van der Waals surface area contributed by atoms with E-state index in [2.05, 4.69) is 29.8 Å². The molecule has 1 fully saturated rings. The lowest BCUT2D eigenvalue weighted by atomic mass is 9.81. The van der Waals surface area contributed by atoms with Gasteiger partial charge in [-0.3, -0.25) is 9.88 Å². The van der Waals surface area contributed by atoms with Gasteiger partial charge in [0.25, 0.3) is 0 Å². The normalized spacial score (nSPS) is 23.4. The monoisotopic (exact) mass is 408 g/mol. The first-order valence-electron chi connectivity index (χ1n) is 9.91. The van der Waals surface area contributed by atoms with E-state index >= 15 is 4.39 Å². The number of halogens is 2. The molecule has 0 aromatic carbocycles. The number of hydrogen-bond donors (Lipinski definition) is 0. The van der Waals surface area contributed by atoms with Crippen LogP contribution in [0.15, 0.2) is 30.5 Å². The van der Waals surface area contributed by atoms with E-state index in [9.17, 15) is 4.39 Å². The van der Waals surface area contributed by atoms with Gasteiger partial charge in [0.15, 0.2) is 5.13 Å². The lowest BCUT2D eigenvalue weighted by molar-refractivity contribution is 0.0112. The number of thiophene rings is 1. The van der Waals surface area contributed by atoms with Crippen molar-refractivity contribution in [3.05, 3.63) is 51.7 Å². The first-order valence-corrected chi connectivity index (χ1v) is 10.7. The number of likely N-dealkylation sites (tertiary alicyclic amines) is 1. The van der Waals surface area contributed by atoms with Crippen molar-refractivity contribution in [2.45, 2.75) is 52.2 Å². The van der Waals surface area contributed by atoms with Crippen LogP contribution in [0.4, 0.5) is 8.78 Å². The predicted octanol–water partition coefficient (Wildman–Crippen LogP) is 5.14. The van der Waals surface area contributed by atoms with Gasteiger partial charge in [0, 0.05) is 47.4 Å². The van der Waals surface area contributed by atoms with E-state index in [1.54, 1.807) is 6.07 Å². The summed E-state index contributed by atoms with van der Waals surface area (Å²) >= 11 is 1.15. The molecule has 1 aliphatic heterocycles. The Morgan fingerprint density at radius 1 is 1.32 bits per heavy atom. The summed E-state index contributed by atoms with van der Waals surface area (Å²) in [6, 6.07) is 7.36. The molecular formula is C22H30F2N2OS. The lowest BCUT2D eigenvalue weighted by Crippen LogP contribution is -2.42. The van der Waals surface area contributed by atoms with Gasteiger partial charge in [0.1, 0.15) is 6.17 Å². The molecule has 2 aromatic rings. The van der Waals surface area contributed by atoms with Gasteiger partial charge in [-0.2, -0.15) is 4.39 Å². The second-order valence-corrected chi connectivity index (χ2v) is 9.42. The van der Waals surface area contributed by atoms with Crippen LogP contribution in [-0.4, -0.2) is 42.4 Å². The quantitative estimate of drug-likeness (QED) is 0.605. The Kier molecular flexibility index (Phi) is 6.52. The molecule has 3 heterocycles. The fourth-order valence-corrected chi connectivity index (χ4v) is 4.70. The molecule has 2 atom stereocenters. The highest BCUT2D eigenvalue weighted by Crippen LogP contribution is 2.43. The lowest BCUT2D eigenvalue weighted by Gasteiger charge is -2.37. The van der Waals surface area contributed by atoms with Gasteiger partial charge < -0.3 is 4.74 Å². The summed E-state index contributed by atoms with van der Waals surface area (Å²) in [4.78, 5) is 7.59. The smallest absolute Gasteiger partial charge is 0.176 e. The van der Waals surface area contributed by atoms with E-state index in [1.165, 1.54) is 6.07 Å². The standard InChI is InChI=1S/C22H30F2N2OS/c1-5-27-15-22(11-10-18-8-9-20(24)28-18)14-26(13-19(22)23)21(3,4)17-7-6-16(2)25-12-17/h6-9,12,19H,5,10-11,13-15H2,1-4H3. The Morgan fingerprint density at radius 3 is 2.71 bits per heavy atom.